The molecule has 7 heteroatoms. The maximum Gasteiger partial charge on any atom is 0.355 e. The number of carbonyl (C=O) groups excluding carboxylic acids is 3. The van der Waals surface area contributed by atoms with Gasteiger partial charge in [0.25, 0.3) is 5.91 Å². The van der Waals surface area contributed by atoms with E-state index in [0.717, 1.165) is 12.0 Å². The zero-order chi connectivity index (χ0) is 20.0. The topological polar surface area (TPSA) is 97.5 Å². The van der Waals surface area contributed by atoms with Crippen molar-refractivity contribution in [2.75, 3.05) is 18.5 Å². The summed E-state index contributed by atoms with van der Waals surface area (Å²) >= 11 is 0. The van der Waals surface area contributed by atoms with Crippen LogP contribution in [-0.4, -0.2) is 36.0 Å². The molecule has 0 radical (unpaired) electrons. The molecular weight excluding hydrogens is 348 g/mol. The molecule has 0 aliphatic rings. The molecule has 0 spiro atoms. The average molecular weight is 372 g/mol. The van der Waals surface area contributed by atoms with E-state index in [9.17, 15) is 14.4 Å². The van der Waals surface area contributed by atoms with Crippen molar-refractivity contribution in [2.24, 2.45) is 0 Å². The summed E-state index contributed by atoms with van der Waals surface area (Å²) in [6.07, 6.45) is 0.772. The van der Waals surface area contributed by atoms with Gasteiger partial charge in [-0.1, -0.05) is 25.1 Å². The van der Waals surface area contributed by atoms with E-state index in [1.54, 1.807) is 26.8 Å². The van der Waals surface area contributed by atoms with Crippen molar-refractivity contribution in [1.82, 2.24) is 4.98 Å². The first-order valence-corrected chi connectivity index (χ1v) is 8.80. The molecule has 1 heterocycles. The highest BCUT2D eigenvalue weighted by Crippen LogP contribution is 2.20. The fourth-order valence-corrected chi connectivity index (χ4v) is 2.80. The number of carbonyl (C=O) groups is 3. The van der Waals surface area contributed by atoms with Gasteiger partial charge in [0.15, 0.2) is 6.61 Å². The van der Waals surface area contributed by atoms with Crippen molar-refractivity contribution >= 4 is 23.5 Å². The van der Waals surface area contributed by atoms with E-state index in [1.807, 2.05) is 25.1 Å². The average Bonchev–Trinajstić information content (AvgIpc) is 2.94. The Labute approximate surface area is 158 Å². The third-order valence-corrected chi connectivity index (χ3v) is 4.13. The number of esters is 2. The molecule has 7 nitrogen and oxygen atoms in total. The molecular formula is C20H24N2O5. The normalized spacial score (nSPS) is 10.4. The highest BCUT2D eigenvalue weighted by Gasteiger charge is 2.24. The van der Waals surface area contributed by atoms with Crippen LogP contribution in [0, 0.1) is 13.8 Å². The summed E-state index contributed by atoms with van der Waals surface area (Å²) in [5, 5.41) is 2.73. The summed E-state index contributed by atoms with van der Waals surface area (Å²) in [4.78, 5) is 39.2. The largest absolute Gasteiger partial charge is 0.462 e. The third-order valence-electron chi connectivity index (χ3n) is 4.13. The van der Waals surface area contributed by atoms with E-state index in [-0.39, 0.29) is 12.3 Å². The summed E-state index contributed by atoms with van der Waals surface area (Å²) in [7, 11) is 0. The third kappa shape index (κ3) is 4.75. The van der Waals surface area contributed by atoms with Crippen molar-refractivity contribution in [2.45, 2.75) is 34.1 Å². The smallest absolute Gasteiger partial charge is 0.355 e. The number of aromatic nitrogens is 1. The van der Waals surface area contributed by atoms with Crippen LogP contribution >= 0.6 is 0 Å². The van der Waals surface area contributed by atoms with Crippen LogP contribution in [0.5, 0.6) is 0 Å². The maximum absolute atomic E-state index is 12.3. The number of hydrogen-bond acceptors (Lipinski definition) is 5. The zero-order valence-electron chi connectivity index (χ0n) is 16.0. The molecule has 0 bridgehead atoms. The first-order chi connectivity index (χ1) is 12.9. The van der Waals surface area contributed by atoms with Gasteiger partial charge in [-0.15, -0.1) is 0 Å². The number of ether oxygens (including phenoxy) is 2. The van der Waals surface area contributed by atoms with Crippen LogP contribution in [0.15, 0.2) is 24.3 Å². The fourth-order valence-electron chi connectivity index (χ4n) is 2.80. The monoisotopic (exact) mass is 372 g/mol. The predicted octanol–water partition coefficient (Wildman–Crippen LogP) is 3.17. The van der Waals surface area contributed by atoms with Gasteiger partial charge in [-0.25, -0.2) is 9.59 Å². The Hall–Kier alpha value is -3.09. The number of H-pyrrole nitrogens is 1. The van der Waals surface area contributed by atoms with E-state index < -0.39 is 24.5 Å². The first kappa shape index (κ1) is 20.2. The number of rotatable bonds is 7. The Morgan fingerprint density at radius 1 is 1.04 bits per heavy atom. The van der Waals surface area contributed by atoms with Gasteiger partial charge in [0, 0.05) is 11.4 Å². The number of nitrogens with one attached hydrogen (secondary N) is 2. The second kappa shape index (κ2) is 9.02. The highest BCUT2D eigenvalue weighted by atomic mass is 16.5. The van der Waals surface area contributed by atoms with Crippen LogP contribution < -0.4 is 5.32 Å². The van der Waals surface area contributed by atoms with E-state index in [4.69, 9.17) is 9.47 Å². The lowest BCUT2D eigenvalue weighted by Crippen LogP contribution is -2.22. The highest BCUT2D eigenvalue weighted by molar-refractivity contribution is 6.00. The summed E-state index contributed by atoms with van der Waals surface area (Å²) in [6.45, 7) is 6.81. The molecule has 2 aromatic rings. The zero-order valence-corrected chi connectivity index (χ0v) is 16.0. The second-order valence-corrected chi connectivity index (χ2v) is 5.98. The molecule has 0 aliphatic carbocycles. The number of benzene rings is 1. The minimum atomic E-state index is -0.704. The summed E-state index contributed by atoms with van der Waals surface area (Å²) < 4.78 is 10.1. The fraction of sp³-hybridized carbons (Fsp3) is 0.350. The molecule has 0 fully saturated rings. The SMILES string of the molecule is CCOC(=O)c1c(C)[nH]c(C(=O)OCC(=O)Nc2ccccc2CC)c1C. The van der Waals surface area contributed by atoms with Crippen LogP contribution in [0.2, 0.25) is 0 Å². The van der Waals surface area contributed by atoms with Crippen LogP contribution in [0.25, 0.3) is 0 Å². The lowest BCUT2D eigenvalue weighted by atomic mass is 10.1. The van der Waals surface area contributed by atoms with Crippen molar-refractivity contribution < 1.29 is 23.9 Å². The second-order valence-electron chi connectivity index (χ2n) is 5.98. The van der Waals surface area contributed by atoms with Crippen LogP contribution in [0.1, 0.15) is 51.5 Å². The quantitative estimate of drug-likeness (QED) is 0.728. The molecule has 27 heavy (non-hydrogen) atoms. The molecule has 144 valence electrons. The Morgan fingerprint density at radius 3 is 2.41 bits per heavy atom. The molecule has 0 atom stereocenters. The number of hydrogen-bond donors (Lipinski definition) is 2. The standard InChI is InChI=1S/C20H24N2O5/c1-5-14-9-7-8-10-15(14)22-16(23)11-27-20(25)18-12(3)17(13(4)21-18)19(24)26-6-2/h7-10,21H,5-6,11H2,1-4H3,(H,22,23). The van der Waals surface area contributed by atoms with Crippen LogP contribution in [-0.2, 0) is 20.7 Å². The van der Waals surface area contributed by atoms with Crippen molar-refractivity contribution in [3.63, 3.8) is 0 Å². The minimum Gasteiger partial charge on any atom is -0.462 e. The molecule has 0 aliphatic heterocycles. The first-order valence-electron chi connectivity index (χ1n) is 8.80. The maximum atomic E-state index is 12.3. The van der Waals surface area contributed by atoms with E-state index in [2.05, 4.69) is 10.3 Å². The van der Waals surface area contributed by atoms with Crippen LogP contribution in [0.4, 0.5) is 5.69 Å². The Balaban J connectivity index is 2.02. The lowest BCUT2D eigenvalue weighted by molar-refractivity contribution is -0.119. The molecule has 2 N–H and O–H groups in total. The minimum absolute atomic E-state index is 0.136. The van der Waals surface area contributed by atoms with Gasteiger partial charge >= 0.3 is 11.9 Å². The van der Waals surface area contributed by atoms with Gasteiger partial charge < -0.3 is 19.8 Å². The number of para-hydroxylation sites is 1. The molecule has 1 aromatic carbocycles. The number of aromatic amines is 1. The van der Waals surface area contributed by atoms with Crippen molar-refractivity contribution in [1.29, 1.82) is 0 Å². The molecule has 1 aromatic heterocycles. The number of anilines is 1. The van der Waals surface area contributed by atoms with E-state index >= 15 is 0 Å². The number of aryl methyl sites for hydroxylation is 2. The van der Waals surface area contributed by atoms with Gasteiger partial charge in [0.1, 0.15) is 5.69 Å². The van der Waals surface area contributed by atoms with E-state index in [1.165, 1.54) is 0 Å². The van der Waals surface area contributed by atoms with Gasteiger partial charge in [-0.05, 0) is 44.4 Å². The summed E-state index contributed by atoms with van der Waals surface area (Å²) in [5.74, 6) is -1.64. The summed E-state index contributed by atoms with van der Waals surface area (Å²) in [6, 6.07) is 7.43. The molecule has 0 saturated carbocycles. The molecule has 1 amide bonds. The molecule has 2 rings (SSSR count). The molecule has 0 saturated heterocycles. The Bertz CT molecular complexity index is 854. The van der Waals surface area contributed by atoms with Crippen molar-refractivity contribution in [3.05, 3.63) is 52.3 Å². The Kier molecular flexibility index (Phi) is 6.76. The van der Waals surface area contributed by atoms with E-state index in [0.29, 0.717) is 22.5 Å². The number of amides is 1. The van der Waals surface area contributed by atoms with Gasteiger partial charge in [0.05, 0.1) is 12.2 Å². The Morgan fingerprint density at radius 2 is 1.74 bits per heavy atom. The molecule has 0 unspecified atom stereocenters. The van der Waals surface area contributed by atoms with Gasteiger partial charge in [-0.2, -0.15) is 0 Å². The van der Waals surface area contributed by atoms with Crippen molar-refractivity contribution in [3.8, 4) is 0 Å². The predicted molar refractivity (Wildman–Crippen MR) is 101 cm³/mol. The lowest BCUT2D eigenvalue weighted by Gasteiger charge is -2.10. The van der Waals surface area contributed by atoms with Gasteiger partial charge in [-0.3, -0.25) is 4.79 Å². The van der Waals surface area contributed by atoms with Gasteiger partial charge in [0.2, 0.25) is 0 Å². The summed E-state index contributed by atoms with van der Waals surface area (Å²) in [5.41, 5.74) is 3.08. The van der Waals surface area contributed by atoms with Crippen LogP contribution in [0.3, 0.4) is 0 Å².